The number of benzene rings is 2. The lowest BCUT2D eigenvalue weighted by molar-refractivity contribution is -0.651. The first kappa shape index (κ1) is 35.2. The summed E-state index contributed by atoms with van der Waals surface area (Å²) < 4.78 is 12.0. The molecule has 0 saturated carbocycles. The van der Waals surface area contributed by atoms with Gasteiger partial charge < -0.3 is 44.9 Å². The Labute approximate surface area is 240 Å². The number of quaternary nitrogens is 2. The maximum absolute atomic E-state index is 5.98. The predicted octanol–water partition coefficient (Wildman–Crippen LogP) is -1.55. The molecule has 0 aliphatic rings. The minimum absolute atomic E-state index is 0. The largest absolute Gasteiger partial charge is 1.00 e. The van der Waals surface area contributed by atoms with E-state index in [0.29, 0.717) is 0 Å². The van der Waals surface area contributed by atoms with Crippen LogP contribution in [-0.2, 0) is 0 Å². The van der Waals surface area contributed by atoms with Crippen molar-refractivity contribution in [1.82, 2.24) is 0 Å². The topological polar surface area (TPSA) is 51.7 Å². The Morgan fingerprint density at radius 3 is 1.28 bits per heavy atom. The van der Waals surface area contributed by atoms with Crippen molar-refractivity contribution in [3.05, 3.63) is 58.7 Å². The Morgan fingerprint density at radius 1 is 0.556 bits per heavy atom. The second kappa shape index (κ2) is 22.2. The maximum atomic E-state index is 5.98. The molecule has 0 fully saturated rings. The Bertz CT molecular complexity index is 720. The van der Waals surface area contributed by atoms with Crippen LogP contribution >= 0.6 is 21.6 Å². The van der Waals surface area contributed by atoms with E-state index in [1.165, 1.54) is 72.8 Å². The third kappa shape index (κ3) is 14.8. The van der Waals surface area contributed by atoms with Crippen molar-refractivity contribution in [1.29, 1.82) is 0 Å². The standard InChI is InChI=1S/C28H44N2O2S2.2ClH/c1-23-11-9-12-24(2)27(23)31-19-7-5-15-29-17-21-33-34-22-18-30-16-6-8-20-32-28-25(3)13-10-14-26(28)4;;/h9-14,29-30H,5-8,15-22H2,1-4H3;2*1H. The van der Waals surface area contributed by atoms with Gasteiger partial charge in [0.05, 0.1) is 50.9 Å². The number of halogens is 2. The van der Waals surface area contributed by atoms with Crippen LogP contribution in [0.4, 0.5) is 0 Å². The molecule has 0 heterocycles. The number of nitrogens with two attached hydrogens (primary N) is 2. The van der Waals surface area contributed by atoms with Gasteiger partial charge >= 0.3 is 0 Å². The van der Waals surface area contributed by atoms with Gasteiger partial charge in [0.25, 0.3) is 0 Å². The Balaban J connectivity index is 0.00000612. The van der Waals surface area contributed by atoms with E-state index in [-0.39, 0.29) is 24.8 Å². The fourth-order valence-corrected chi connectivity index (χ4v) is 5.90. The van der Waals surface area contributed by atoms with Crippen molar-refractivity contribution >= 4 is 21.6 Å². The maximum Gasteiger partial charge on any atom is 0.125 e. The summed E-state index contributed by atoms with van der Waals surface area (Å²) in [4.78, 5) is 0. The van der Waals surface area contributed by atoms with E-state index < -0.39 is 0 Å². The van der Waals surface area contributed by atoms with Crippen LogP contribution in [0.25, 0.3) is 0 Å². The number of hydrogen-bond acceptors (Lipinski definition) is 4. The number of hydrogen-bond donors (Lipinski definition) is 2. The summed E-state index contributed by atoms with van der Waals surface area (Å²) in [7, 11) is 4.03. The second-order valence-electron chi connectivity index (χ2n) is 8.93. The molecule has 2 aromatic carbocycles. The fourth-order valence-electron chi connectivity index (χ4n) is 3.85. The summed E-state index contributed by atoms with van der Waals surface area (Å²) >= 11 is 0. The number of rotatable bonds is 19. The predicted molar refractivity (Wildman–Crippen MR) is 150 cm³/mol. The highest BCUT2D eigenvalue weighted by molar-refractivity contribution is 8.76. The molecule has 206 valence electrons. The van der Waals surface area contributed by atoms with Crippen LogP contribution in [0, 0.1) is 27.7 Å². The number of aryl methyl sites for hydroxylation is 4. The summed E-state index contributed by atoms with van der Waals surface area (Å²) in [6, 6.07) is 12.7. The molecule has 2 aromatic rings. The van der Waals surface area contributed by atoms with Gasteiger partial charge in [-0.2, -0.15) is 0 Å². The van der Waals surface area contributed by atoms with Crippen LogP contribution in [0.3, 0.4) is 0 Å². The zero-order valence-corrected chi connectivity index (χ0v) is 25.6. The molecule has 36 heavy (non-hydrogen) atoms. The third-order valence-electron chi connectivity index (χ3n) is 5.81. The van der Waals surface area contributed by atoms with E-state index in [1.54, 1.807) is 0 Å². The lowest BCUT2D eigenvalue weighted by Gasteiger charge is -2.11. The van der Waals surface area contributed by atoms with Gasteiger partial charge in [0.1, 0.15) is 11.5 Å². The highest BCUT2D eigenvalue weighted by Gasteiger charge is 2.04. The summed E-state index contributed by atoms with van der Waals surface area (Å²) in [5, 5.41) is 4.89. The molecular formula is C28H46Cl2N2O2S2. The molecule has 0 spiro atoms. The van der Waals surface area contributed by atoms with E-state index in [4.69, 9.17) is 9.47 Å². The summed E-state index contributed by atoms with van der Waals surface area (Å²) in [6.07, 6.45) is 4.68. The molecule has 0 aromatic heterocycles. The van der Waals surface area contributed by atoms with Gasteiger partial charge in [-0.3, -0.25) is 0 Å². The quantitative estimate of drug-likeness (QED) is 0.157. The first-order chi connectivity index (χ1) is 16.6. The first-order valence-electron chi connectivity index (χ1n) is 12.9. The van der Waals surface area contributed by atoms with Crippen LogP contribution in [0.1, 0.15) is 47.9 Å². The highest BCUT2D eigenvalue weighted by atomic mass is 35.5. The van der Waals surface area contributed by atoms with E-state index in [2.05, 4.69) is 74.7 Å². The van der Waals surface area contributed by atoms with Gasteiger partial charge in [-0.05, 0) is 75.6 Å². The van der Waals surface area contributed by atoms with Crippen molar-refractivity contribution in [3.63, 3.8) is 0 Å². The van der Waals surface area contributed by atoms with Gasteiger partial charge in [0.2, 0.25) is 0 Å². The monoisotopic (exact) mass is 576 g/mol. The molecule has 4 N–H and O–H groups in total. The molecular weight excluding hydrogens is 531 g/mol. The second-order valence-corrected chi connectivity index (χ2v) is 11.6. The summed E-state index contributed by atoms with van der Waals surface area (Å²) in [6.45, 7) is 14.9. The Morgan fingerprint density at radius 2 is 0.917 bits per heavy atom. The van der Waals surface area contributed by atoms with Gasteiger partial charge in [-0.15, -0.1) is 0 Å². The van der Waals surface area contributed by atoms with Crippen molar-refractivity contribution in [2.45, 2.75) is 53.4 Å². The first-order valence-corrected chi connectivity index (χ1v) is 15.3. The average molecular weight is 578 g/mol. The minimum atomic E-state index is 0. The molecule has 4 nitrogen and oxygen atoms in total. The summed E-state index contributed by atoms with van der Waals surface area (Å²) in [5.41, 5.74) is 4.93. The molecule has 0 atom stereocenters. The molecule has 0 saturated heterocycles. The van der Waals surface area contributed by atoms with Crippen LogP contribution in [0.15, 0.2) is 36.4 Å². The Kier molecular flexibility index (Phi) is 21.8. The molecule has 0 aliphatic heterocycles. The molecule has 0 aliphatic carbocycles. The van der Waals surface area contributed by atoms with Crippen molar-refractivity contribution in [2.75, 3.05) is 50.9 Å². The fraction of sp³-hybridized carbons (Fsp3) is 0.571. The smallest absolute Gasteiger partial charge is 0.125 e. The van der Waals surface area contributed by atoms with Gasteiger partial charge in [0, 0.05) is 0 Å². The average Bonchev–Trinajstić information content (AvgIpc) is 2.81. The third-order valence-corrected chi connectivity index (χ3v) is 8.28. The summed E-state index contributed by atoms with van der Waals surface area (Å²) in [5.74, 6) is 4.58. The zero-order valence-electron chi connectivity index (χ0n) is 22.5. The highest BCUT2D eigenvalue weighted by Crippen LogP contribution is 2.23. The van der Waals surface area contributed by atoms with Crippen LogP contribution in [0.5, 0.6) is 11.5 Å². The molecule has 0 radical (unpaired) electrons. The van der Waals surface area contributed by atoms with Gasteiger partial charge in [-0.1, -0.05) is 58.0 Å². The molecule has 0 unspecified atom stereocenters. The van der Waals surface area contributed by atoms with Crippen LogP contribution < -0.4 is 44.9 Å². The van der Waals surface area contributed by atoms with E-state index in [0.717, 1.165) is 37.6 Å². The molecule has 2 rings (SSSR count). The molecule has 8 heteroatoms. The SMILES string of the molecule is Cc1cccc(C)c1OCCCC[NH2+]CCSSCC[NH2+]CCCCOc1c(C)cccc1C.[Cl-].[Cl-]. The van der Waals surface area contributed by atoms with Crippen LogP contribution in [0.2, 0.25) is 0 Å². The van der Waals surface area contributed by atoms with E-state index in [9.17, 15) is 0 Å². The van der Waals surface area contributed by atoms with Crippen LogP contribution in [-0.4, -0.2) is 50.9 Å². The number of unbranched alkanes of at least 4 members (excludes halogenated alkanes) is 2. The number of ether oxygens (including phenoxy) is 2. The number of para-hydroxylation sites is 2. The molecule has 0 bridgehead atoms. The Hall–Kier alpha value is -0.760. The molecule has 0 amide bonds. The van der Waals surface area contributed by atoms with Crippen molar-refractivity contribution in [3.8, 4) is 11.5 Å². The minimum Gasteiger partial charge on any atom is -1.00 e. The van der Waals surface area contributed by atoms with Crippen molar-refractivity contribution in [2.24, 2.45) is 0 Å². The van der Waals surface area contributed by atoms with Gasteiger partial charge in [0.15, 0.2) is 0 Å². The zero-order chi connectivity index (χ0) is 24.4. The van der Waals surface area contributed by atoms with E-state index >= 15 is 0 Å². The van der Waals surface area contributed by atoms with E-state index in [1.807, 2.05) is 21.6 Å². The normalized spacial score (nSPS) is 10.4. The lowest BCUT2D eigenvalue weighted by Crippen LogP contribution is -3.00. The lowest BCUT2D eigenvalue weighted by atomic mass is 10.1. The van der Waals surface area contributed by atoms with Gasteiger partial charge in [-0.25, -0.2) is 0 Å². The van der Waals surface area contributed by atoms with Crippen molar-refractivity contribution < 1.29 is 44.9 Å².